The summed E-state index contributed by atoms with van der Waals surface area (Å²) in [7, 11) is 0. The number of carbonyl (C=O) groups is 1. The average molecular weight is 275 g/mol. The van der Waals surface area contributed by atoms with E-state index in [9.17, 15) is 9.90 Å². The molecule has 1 aliphatic carbocycles. The van der Waals surface area contributed by atoms with Crippen LogP contribution in [0, 0.1) is 5.92 Å². The first-order valence-corrected chi connectivity index (χ1v) is 7.46. The van der Waals surface area contributed by atoms with Gasteiger partial charge in [-0.05, 0) is 30.9 Å². The average Bonchev–Trinajstić information content (AvgIpc) is 2.94. The van der Waals surface area contributed by atoms with Gasteiger partial charge in [0.05, 0.1) is 31.4 Å². The maximum absolute atomic E-state index is 12.3. The monoisotopic (exact) mass is 275 g/mol. The van der Waals surface area contributed by atoms with Crippen LogP contribution in [0.3, 0.4) is 0 Å². The van der Waals surface area contributed by atoms with Crippen molar-refractivity contribution in [3.05, 3.63) is 24.3 Å². The summed E-state index contributed by atoms with van der Waals surface area (Å²) in [4.78, 5) is 14.0. The Morgan fingerprint density at radius 2 is 2.05 bits per heavy atom. The van der Waals surface area contributed by atoms with Gasteiger partial charge in [-0.3, -0.25) is 4.79 Å². The number of nitrogens with zero attached hydrogens (tertiary/aromatic N) is 1. The van der Waals surface area contributed by atoms with Gasteiger partial charge in [-0.1, -0.05) is 25.0 Å². The molecular formula is C16H21NO3. The Bertz CT molecular complexity index is 482. The number of anilines is 1. The van der Waals surface area contributed by atoms with Gasteiger partial charge in [0.2, 0.25) is 5.91 Å². The number of rotatable bonds is 3. The summed E-state index contributed by atoms with van der Waals surface area (Å²) >= 11 is 0. The molecule has 1 aromatic carbocycles. The third-order valence-corrected chi connectivity index (χ3v) is 4.34. The van der Waals surface area contributed by atoms with Crippen molar-refractivity contribution in [1.29, 1.82) is 0 Å². The van der Waals surface area contributed by atoms with Crippen molar-refractivity contribution in [3.8, 4) is 5.75 Å². The van der Waals surface area contributed by atoms with Crippen molar-refractivity contribution in [3.63, 3.8) is 0 Å². The van der Waals surface area contributed by atoms with Crippen molar-refractivity contribution in [2.24, 2.45) is 5.92 Å². The number of para-hydroxylation sites is 2. The summed E-state index contributed by atoms with van der Waals surface area (Å²) in [6.45, 7) is 0.787. The number of ether oxygens (including phenoxy) is 1. The topological polar surface area (TPSA) is 49.8 Å². The number of carbonyl (C=O) groups excluding carboxylic acids is 1. The third-order valence-electron chi connectivity index (χ3n) is 4.34. The van der Waals surface area contributed by atoms with E-state index in [1.54, 1.807) is 4.90 Å². The largest absolute Gasteiger partial charge is 0.491 e. The molecule has 0 radical (unpaired) electrons. The number of aliphatic hydroxyl groups is 1. The molecular weight excluding hydrogens is 254 g/mol. The highest BCUT2D eigenvalue weighted by molar-refractivity contribution is 5.95. The lowest BCUT2D eigenvalue weighted by atomic mass is 10.00. The Morgan fingerprint density at radius 1 is 1.30 bits per heavy atom. The van der Waals surface area contributed by atoms with Crippen molar-refractivity contribution in [2.75, 3.05) is 18.1 Å². The minimum Gasteiger partial charge on any atom is -0.491 e. The zero-order valence-corrected chi connectivity index (χ0v) is 11.6. The molecule has 3 rings (SSSR count). The van der Waals surface area contributed by atoms with Crippen LogP contribution in [0.4, 0.5) is 5.69 Å². The third kappa shape index (κ3) is 2.66. The predicted octanol–water partition coefficient (Wildman–Crippen LogP) is 2.35. The van der Waals surface area contributed by atoms with Crippen molar-refractivity contribution < 1.29 is 14.6 Å². The van der Waals surface area contributed by atoms with Crippen LogP contribution in [0.25, 0.3) is 0 Å². The van der Waals surface area contributed by atoms with Gasteiger partial charge in [0, 0.05) is 0 Å². The molecule has 1 fully saturated rings. The molecule has 0 aromatic heterocycles. The van der Waals surface area contributed by atoms with Gasteiger partial charge in [0.25, 0.3) is 0 Å². The molecule has 4 nitrogen and oxygen atoms in total. The van der Waals surface area contributed by atoms with E-state index in [0.717, 1.165) is 24.3 Å². The molecule has 1 aromatic rings. The first-order chi connectivity index (χ1) is 9.75. The molecule has 1 aliphatic heterocycles. The summed E-state index contributed by atoms with van der Waals surface area (Å²) in [5, 5.41) is 10.4. The molecule has 1 heterocycles. The van der Waals surface area contributed by atoms with E-state index in [2.05, 4.69) is 0 Å². The van der Waals surface area contributed by atoms with Gasteiger partial charge < -0.3 is 14.7 Å². The van der Waals surface area contributed by atoms with Crippen molar-refractivity contribution in [2.45, 2.75) is 38.2 Å². The van der Waals surface area contributed by atoms with Crippen LogP contribution < -0.4 is 9.64 Å². The van der Waals surface area contributed by atoms with Crippen LogP contribution in [-0.4, -0.2) is 30.3 Å². The van der Waals surface area contributed by atoms with E-state index in [4.69, 9.17) is 4.74 Å². The van der Waals surface area contributed by atoms with Crippen LogP contribution in [0.1, 0.15) is 32.1 Å². The molecule has 2 aliphatic rings. The summed E-state index contributed by atoms with van der Waals surface area (Å²) in [5.41, 5.74) is 0.784. The SMILES string of the molecule is O=C1CCOc2ccccc2N1CC(O)C1CCCC1. The Labute approximate surface area is 119 Å². The normalized spacial score (nSPS) is 21.2. The Hall–Kier alpha value is -1.55. The van der Waals surface area contributed by atoms with E-state index in [1.165, 1.54) is 12.8 Å². The summed E-state index contributed by atoms with van der Waals surface area (Å²) in [6, 6.07) is 7.57. The zero-order chi connectivity index (χ0) is 13.9. The lowest BCUT2D eigenvalue weighted by Gasteiger charge is -2.27. The lowest BCUT2D eigenvalue weighted by Crippen LogP contribution is -2.39. The Balaban J connectivity index is 1.80. The number of β-amino-alcohol motifs (C(OH)–C–C–N with tert-alkyl or cyclic N) is 1. The summed E-state index contributed by atoms with van der Waals surface area (Å²) in [6.07, 6.45) is 4.45. The fourth-order valence-corrected chi connectivity index (χ4v) is 3.20. The number of benzene rings is 1. The highest BCUT2D eigenvalue weighted by Crippen LogP contribution is 2.33. The molecule has 0 spiro atoms. The fraction of sp³-hybridized carbons (Fsp3) is 0.562. The van der Waals surface area contributed by atoms with E-state index in [0.29, 0.717) is 25.5 Å². The molecule has 1 saturated carbocycles. The molecule has 0 saturated heterocycles. The van der Waals surface area contributed by atoms with Gasteiger partial charge in [0.1, 0.15) is 5.75 Å². The van der Waals surface area contributed by atoms with Gasteiger partial charge in [-0.15, -0.1) is 0 Å². The lowest BCUT2D eigenvalue weighted by molar-refractivity contribution is -0.119. The number of hydrogen-bond acceptors (Lipinski definition) is 3. The number of fused-ring (bicyclic) bond motifs is 1. The summed E-state index contributed by atoms with van der Waals surface area (Å²) < 4.78 is 5.61. The van der Waals surface area contributed by atoms with E-state index in [-0.39, 0.29) is 5.91 Å². The highest BCUT2D eigenvalue weighted by Gasteiger charge is 2.29. The molecule has 1 unspecified atom stereocenters. The second-order valence-electron chi connectivity index (χ2n) is 5.68. The van der Waals surface area contributed by atoms with Crippen LogP contribution in [0.2, 0.25) is 0 Å². The van der Waals surface area contributed by atoms with Crippen LogP contribution in [0.15, 0.2) is 24.3 Å². The molecule has 1 N–H and O–H groups in total. The quantitative estimate of drug-likeness (QED) is 0.921. The second kappa shape index (κ2) is 5.83. The highest BCUT2D eigenvalue weighted by atomic mass is 16.5. The first kappa shape index (κ1) is 13.4. The first-order valence-electron chi connectivity index (χ1n) is 7.46. The standard InChI is InChI=1S/C16H21NO3/c18-14(12-5-1-2-6-12)11-17-13-7-3-4-8-15(13)20-10-9-16(17)19/h3-4,7-8,12,14,18H,1-2,5-6,9-11H2. The van der Waals surface area contributed by atoms with Crippen molar-refractivity contribution >= 4 is 11.6 Å². The fourth-order valence-electron chi connectivity index (χ4n) is 3.20. The second-order valence-corrected chi connectivity index (χ2v) is 5.68. The maximum atomic E-state index is 12.3. The van der Waals surface area contributed by atoms with Gasteiger partial charge in [0.15, 0.2) is 0 Å². The molecule has 1 atom stereocenters. The molecule has 0 bridgehead atoms. The van der Waals surface area contributed by atoms with Gasteiger partial charge in [-0.2, -0.15) is 0 Å². The number of aliphatic hydroxyl groups excluding tert-OH is 1. The maximum Gasteiger partial charge on any atom is 0.230 e. The van der Waals surface area contributed by atoms with Gasteiger partial charge >= 0.3 is 0 Å². The Kier molecular flexibility index (Phi) is 3.92. The molecule has 4 heteroatoms. The molecule has 108 valence electrons. The van der Waals surface area contributed by atoms with E-state index < -0.39 is 6.10 Å². The van der Waals surface area contributed by atoms with Crippen LogP contribution in [-0.2, 0) is 4.79 Å². The van der Waals surface area contributed by atoms with E-state index in [1.807, 2.05) is 24.3 Å². The van der Waals surface area contributed by atoms with Crippen molar-refractivity contribution in [1.82, 2.24) is 0 Å². The smallest absolute Gasteiger partial charge is 0.230 e. The summed E-state index contributed by atoms with van der Waals surface area (Å²) in [5.74, 6) is 1.10. The molecule has 1 amide bonds. The zero-order valence-electron chi connectivity index (χ0n) is 11.6. The minimum absolute atomic E-state index is 0.0343. The number of hydrogen-bond donors (Lipinski definition) is 1. The predicted molar refractivity (Wildman–Crippen MR) is 76.9 cm³/mol. The van der Waals surface area contributed by atoms with E-state index >= 15 is 0 Å². The Morgan fingerprint density at radius 3 is 2.85 bits per heavy atom. The van der Waals surface area contributed by atoms with Crippen LogP contribution >= 0.6 is 0 Å². The molecule has 20 heavy (non-hydrogen) atoms. The number of amides is 1. The van der Waals surface area contributed by atoms with Gasteiger partial charge in [-0.25, -0.2) is 0 Å². The van der Waals surface area contributed by atoms with Crippen LogP contribution in [0.5, 0.6) is 5.75 Å². The minimum atomic E-state index is -0.437.